The van der Waals surface area contributed by atoms with Crippen LogP contribution in [0.1, 0.15) is 6.55 Å². The lowest BCUT2D eigenvalue weighted by molar-refractivity contribution is 0.0764. The van der Waals surface area contributed by atoms with Crippen LogP contribution >= 0.6 is 0 Å². The van der Waals surface area contributed by atoms with Gasteiger partial charge >= 0.3 is 6.55 Å². The zero-order valence-corrected chi connectivity index (χ0v) is 15.6. The number of nitrogens with zero attached hydrogens (tertiary/aromatic N) is 2. The Bertz CT molecular complexity index is 1270. The quantitative estimate of drug-likeness (QED) is 0.495. The summed E-state index contributed by atoms with van der Waals surface area (Å²) >= 11 is 0. The number of hydrogen-bond donors (Lipinski definition) is 1. The Morgan fingerprint density at radius 2 is 1.55 bits per heavy atom. The van der Waals surface area contributed by atoms with E-state index in [1.54, 1.807) is 24.3 Å². The molecule has 4 aromatic rings. The number of halogens is 3. The molecular weight excluding hydrogens is 403 g/mol. The van der Waals surface area contributed by atoms with E-state index in [4.69, 9.17) is 0 Å². The lowest BCUT2D eigenvalue weighted by atomic mass is 10.2. The summed E-state index contributed by atoms with van der Waals surface area (Å²) in [5.41, 5.74) is 1.38. The molecule has 1 heterocycles. The number of hydrogen-bond acceptors (Lipinski definition) is 3. The van der Waals surface area contributed by atoms with Gasteiger partial charge < -0.3 is 0 Å². The van der Waals surface area contributed by atoms with Gasteiger partial charge in [0.2, 0.25) is 0 Å². The van der Waals surface area contributed by atoms with Crippen LogP contribution in [0.5, 0.6) is 0 Å². The third-order valence-corrected chi connectivity index (χ3v) is 5.71. The first kappa shape index (κ1) is 19.0. The fourth-order valence-corrected chi connectivity index (χ4v) is 4.02. The molecule has 0 fully saturated rings. The Labute approximate surface area is 164 Å². The van der Waals surface area contributed by atoms with E-state index < -0.39 is 22.4 Å². The number of nitrogens with one attached hydrogen (secondary N) is 1. The summed E-state index contributed by atoms with van der Waals surface area (Å²) in [5, 5.41) is 0. The molecule has 0 aliphatic rings. The summed E-state index contributed by atoms with van der Waals surface area (Å²) in [6.45, 7) is -2.78. The molecule has 1 N–H and O–H groups in total. The molecule has 0 saturated heterocycles. The average Bonchev–Trinajstić information content (AvgIpc) is 3.08. The number of anilines is 1. The molecule has 0 aliphatic heterocycles. The van der Waals surface area contributed by atoms with Crippen LogP contribution in [0.3, 0.4) is 0 Å². The van der Waals surface area contributed by atoms with Crippen molar-refractivity contribution in [2.24, 2.45) is 0 Å². The van der Waals surface area contributed by atoms with Crippen molar-refractivity contribution in [3.05, 3.63) is 78.6 Å². The molecule has 9 heteroatoms. The standard InChI is InChI=1S/C20H14F3N3O2S/c21-14-7-11-16(12-8-14)29(27,28)25-15-9-5-13(6-10-15)19-24-17-3-1-2-4-18(17)26(19)20(22)23/h1-12,20,25H. The summed E-state index contributed by atoms with van der Waals surface area (Å²) in [4.78, 5) is 4.18. The van der Waals surface area contributed by atoms with E-state index in [-0.39, 0.29) is 16.4 Å². The SMILES string of the molecule is O=S(=O)(Nc1ccc(-c2nc3ccccc3n2C(F)F)cc1)c1ccc(F)cc1. The van der Waals surface area contributed by atoms with Crippen molar-refractivity contribution in [1.82, 2.24) is 9.55 Å². The van der Waals surface area contributed by atoms with Crippen LogP contribution < -0.4 is 4.72 Å². The highest BCUT2D eigenvalue weighted by Gasteiger charge is 2.19. The van der Waals surface area contributed by atoms with Crippen LogP contribution in [0.25, 0.3) is 22.4 Å². The van der Waals surface area contributed by atoms with Crippen molar-refractivity contribution in [2.45, 2.75) is 11.4 Å². The zero-order valence-electron chi connectivity index (χ0n) is 14.8. The Kier molecular flexibility index (Phi) is 4.75. The van der Waals surface area contributed by atoms with Crippen molar-refractivity contribution < 1.29 is 21.6 Å². The zero-order chi connectivity index (χ0) is 20.6. The number of rotatable bonds is 5. The van der Waals surface area contributed by atoms with Gasteiger partial charge in [0.1, 0.15) is 11.6 Å². The first-order chi connectivity index (χ1) is 13.8. The fraction of sp³-hybridized carbons (Fsp3) is 0.0500. The number of aromatic nitrogens is 2. The van der Waals surface area contributed by atoms with Crippen molar-refractivity contribution >= 4 is 26.7 Å². The topological polar surface area (TPSA) is 64.0 Å². The van der Waals surface area contributed by atoms with Crippen molar-refractivity contribution in [3.8, 4) is 11.4 Å². The molecule has 3 aromatic carbocycles. The number of sulfonamides is 1. The predicted octanol–water partition coefficient (Wildman–Crippen LogP) is 5.04. The van der Waals surface area contributed by atoms with E-state index in [2.05, 4.69) is 9.71 Å². The summed E-state index contributed by atoms with van der Waals surface area (Å²) in [6.07, 6.45) is 0. The number of para-hydroxylation sites is 2. The van der Waals surface area contributed by atoms with Gasteiger partial charge in [-0.05, 0) is 60.7 Å². The first-order valence-electron chi connectivity index (χ1n) is 8.49. The second-order valence-corrected chi connectivity index (χ2v) is 7.89. The van der Waals surface area contributed by atoms with Gasteiger partial charge in [-0.25, -0.2) is 17.8 Å². The summed E-state index contributed by atoms with van der Waals surface area (Å²) in [6, 6.07) is 16.9. The highest BCUT2D eigenvalue weighted by Crippen LogP contribution is 2.30. The maximum absolute atomic E-state index is 13.6. The molecule has 0 bridgehead atoms. The third-order valence-electron chi connectivity index (χ3n) is 4.31. The van der Waals surface area contributed by atoms with Gasteiger partial charge in [0.25, 0.3) is 10.0 Å². The molecule has 1 aromatic heterocycles. The van der Waals surface area contributed by atoms with Gasteiger partial charge in [-0.15, -0.1) is 0 Å². The molecule has 0 saturated carbocycles. The monoisotopic (exact) mass is 417 g/mol. The number of alkyl halides is 2. The number of fused-ring (bicyclic) bond motifs is 1. The Hall–Kier alpha value is -3.33. The minimum atomic E-state index is -3.91. The minimum Gasteiger partial charge on any atom is -0.280 e. The fourth-order valence-electron chi connectivity index (χ4n) is 2.96. The van der Waals surface area contributed by atoms with E-state index in [9.17, 15) is 21.6 Å². The average molecular weight is 417 g/mol. The summed E-state index contributed by atoms with van der Waals surface area (Å²) in [7, 11) is -3.91. The van der Waals surface area contributed by atoms with Gasteiger partial charge in [0.15, 0.2) is 0 Å². The molecule has 0 spiro atoms. The number of benzene rings is 3. The van der Waals surface area contributed by atoms with Crippen LogP contribution in [0, 0.1) is 5.82 Å². The molecule has 0 aliphatic carbocycles. The second kappa shape index (κ2) is 7.25. The normalized spacial score (nSPS) is 11.9. The molecule has 0 amide bonds. The van der Waals surface area contributed by atoms with Gasteiger partial charge in [0.05, 0.1) is 15.9 Å². The first-order valence-corrected chi connectivity index (χ1v) is 9.97. The van der Waals surface area contributed by atoms with Gasteiger partial charge in [-0.1, -0.05) is 12.1 Å². The molecule has 5 nitrogen and oxygen atoms in total. The Morgan fingerprint density at radius 3 is 2.21 bits per heavy atom. The van der Waals surface area contributed by atoms with Crippen LogP contribution in [-0.4, -0.2) is 18.0 Å². The van der Waals surface area contributed by atoms with E-state index in [1.165, 1.54) is 24.3 Å². The van der Waals surface area contributed by atoms with E-state index in [0.29, 0.717) is 16.6 Å². The molecule has 4 rings (SSSR count). The van der Waals surface area contributed by atoms with Crippen molar-refractivity contribution in [3.63, 3.8) is 0 Å². The maximum Gasteiger partial charge on any atom is 0.320 e. The molecule has 148 valence electrons. The molecule has 0 unspecified atom stereocenters. The van der Waals surface area contributed by atoms with Crippen LogP contribution in [-0.2, 0) is 10.0 Å². The molecule has 0 atom stereocenters. The third kappa shape index (κ3) is 3.68. The smallest absolute Gasteiger partial charge is 0.280 e. The van der Waals surface area contributed by atoms with Gasteiger partial charge in [-0.2, -0.15) is 8.78 Å². The predicted molar refractivity (Wildman–Crippen MR) is 104 cm³/mol. The second-order valence-electron chi connectivity index (χ2n) is 6.21. The molecule has 29 heavy (non-hydrogen) atoms. The summed E-state index contributed by atoms with van der Waals surface area (Å²) in [5.74, 6) is -0.468. The van der Waals surface area contributed by atoms with E-state index in [0.717, 1.165) is 28.8 Å². The number of imidazole rings is 1. The van der Waals surface area contributed by atoms with Crippen LogP contribution in [0.15, 0.2) is 77.7 Å². The van der Waals surface area contributed by atoms with Gasteiger partial charge in [-0.3, -0.25) is 9.29 Å². The van der Waals surface area contributed by atoms with Crippen molar-refractivity contribution in [1.29, 1.82) is 0 Å². The van der Waals surface area contributed by atoms with Gasteiger partial charge in [0, 0.05) is 11.3 Å². The van der Waals surface area contributed by atoms with Crippen molar-refractivity contribution in [2.75, 3.05) is 4.72 Å². The van der Waals surface area contributed by atoms with Crippen LogP contribution in [0.4, 0.5) is 18.9 Å². The maximum atomic E-state index is 13.6. The largest absolute Gasteiger partial charge is 0.320 e. The van der Waals surface area contributed by atoms with Crippen LogP contribution in [0.2, 0.25) is 0 Å². The molecular formula is C20H14F3N3O2S. The summed E-state index contributed by atoms with van der Waals surface area (Å²) < 4.78 is 68.2. The Morgan fingerprint density at radius 1 is 0.897 bits per heavy atom. The van der Waals surface area contributed by atoms with E-state index >= 15 is 0 Å². The van der Waals surface area contributed by atoms with E-state index in [1.807, 2.05) is 0 Å². The highest BCUT2D eigenvalue weighted by atomic mass is 32.2. The highest BCUT2D eigenvalue weighted by molar-refractivity contribution is 7.92. The lowest BCUT2D eigenvalue weighted by Gasteiger charge is -2.10. The lowest BCUT2D eigenvalue weighted by Crippen LogP contribution is -2.12. The molecule has 0 radical (unpaired) electrons. The minimum absolute atomic E-state index is 0.0779. The Balaban J connectivity index is 1.66.